The zero-order valence-electron chi connectivity index (χ0n) is 12.1. The van der Waals surface area contributed by atoms with Crippen LogP contribution in [0.1, 0.15) is 32.1 Å². The SMILES string of the molecule is CNC(CCCC1CCCO1)CSc1ccccc1F. The highest BCUT2D eigenvalue weighted by Gasteiger charge is 2.16. The molecule has 2 nitrogen and oxygen atoms in total. The van der Waals surface area contributed by atoms with E-state index in [0.29, 0.717) is 12.1 Å². The number of rotatable bonds is 8. The first-order valence-electron chi connectivity index (χ1n) is 7.46. The van der Waals surface area contributed by atoms with E-state index in [1.807, 2.05) is 19.2 Å². The van der Waals surface area contributed by atoms with Crippen molar-refractivity contribution in [3.8, 4) is 0 Å². The molecule has 0 radical (unpaired) electrons. The van der Waals surface area contributed by atoms with Crippen LogP contribution in [0.3, 0.4) is 0 Å². The Balaban J connectivity index is 1.68. The highest BCUT2D eigenvalue weighted by Crippen LogP contribution is 2.24. The maximum atomic E-state index is 13.5. The third kappa shape index (κ3) is 5.08. The van der Waals surface area contributed by atoms with Gasteiger partial charge >= 0.3 is 0 Å². The van der Waals surface area contributed by atoms with Gasteiger partial charge in [-0.1, -0.05) is 12.1 Å². The van der Waals surface area contributed by atoms with Crippen molar-refractivity contribution in [3.63, 3.8) is 0 Å². The van der Waals surface area contributed by atoms with E-state index in [0.717, 1.165) is 30.1 Å². The summed E-state index contributed by atoms with van der Waals surface area (Å²) in [4.78, 5) is 0.742. The molecular weight excluding hydrogens is 273 g/mol. The average molecular weight is 297 g/mol. The van der Waals surface area contributed by atoms with E-state index in [-0.39, 0.29) is 5.82 Å². The number of hydrogen-bond acceptors (Lipinski definition) is 3. The Hall–Kier alpha value is -0.580. The summed E-state index contributed by atoms with van der Waals surface area (Å²) in [5, 5.41) is 3.33. The first-order valence-corrected chi connectivity index (χ1v) is 8.44. The van der Waals surface area contributed by atoms with Crippen molar-refractivity contribution >= 4 is 11.8 Å². The van der Waals surface area contributed by atoms with Gasteiger partial charge in [0.05, 0.1) is 6.10 Å². The molecule has 1 aromatic carbocycles. The highest BCUT2D eigenvalue weighted by molar-refractivity contribution is 7.99. The average Bonchev–Trinajstić information content (AvgIpc) is 2.97. The quantitative estimate of drug-likeness (QED) is 0.736. The van der Waals surface area contributed by atoms with Crippen LogP contribution in [-0.2, 0) is 4.74 Å². The zero-order chi connectivity index (χ0) is 14.2. The number of nitrogens with one attached hydrogen (secondary N) is 1. The fourth-order valence-corrected chi connectivity index (χ4v) is 3.62. The van der Waals surface area contributed by atoms with Crippen LogP contribution in [-0.4, -0.2) is 31.6 Å². The molecule has 0 bridgehead atoms. The molecule has 0 saturated carbocycles. The van der Waals surface area contributed by atoms with Crippen molar-refractivity contribution in [1.29, 1.82) is 0 Å². The van der Waals surface area contributed by atoms with E-state index in [2.05, 4.69) is 5.32 Å². The van der Waals surface area contributed by atoms with Gasteiger partial charge in [0.15, 0.2) is 0 Å². The lowest BCUT2D eigenvalue weighted by Crippen LogP contribution is -2.28. The molecule has 0 aromatic heterocycles. The first kappa shape index (κ1) is 15.8. The molecule has 1 aromatic rings. The van der Waals surface area contributed by atoms with Gasteiger partial charge in [0, 0.05) is 23.3 Å². The number of thioether (sulfide) groups is 1. The molecule has 1 N–H and O–H groups in total. The minimum atomic E-state index is -0.119. The van der Waals surface area contributed by atoms with Crippen LogP contribution in [0.15, 0.2) is 29.2 Å². The Morgan fingerprint density at radius 1 is 1.45 bits per heavy atom. The Morgan fingerprint density at radius 3 is 3.00 bits per heavy atom. The van der Waals surface area contributed by atoms with Crippen molar-refractivity contribution in [3.05, 3.63) is 30.1 Å². The Morgan fingerprint density at radius 2 is 2.30 bits per heavy atom. The van der Waals surface area contributed by atoms with Gasteiger partial charge in [-0.25, -0.2) is 4.39 Å². The van der Waals surface area contributed by atoms with Gasteiger partial charge < -0.3 is 10.1 Å². The van der Waals surface area contributed by atoms with Gasteiger partial charge in [0.25, 0.3) is 0 Å². The molecule has 2 atom stereocenters. The summed E-state index contributed by atoms with van der Waals surface area (Å²) < 4.78 is 19.2. The Kier molecular flexibility index (Phi) is 6.83. The van der Waals surface area contributed by atoms with Crippen molar-refractivity contribution < 1.29 is 9.13 Å². The van der Waals surface area contributed by atoms with Crippen LogP contribution in [0.25, 0.3) is 0 Å². The molecule has 0 spiro atoms. The predicted molar refractivity (Wildman–Crippen MR) is 82.8 cm³/mol. The summed E-state index contributed by atoms with van der Waals surface area (Å²) in [7, 11) is 1.98. The van der Waals surface area contributed by atoms with Gasteiger partial charge in [0.1, 0.15) is 5.82 Å². The normalized spacial score (nSPS) is 20.2. The first-order chi connectivity index (χ1) is 9.79. The van der Waals surface area contributed by atoms with Crippen molar-refractivity contribution in [1.82, 2.24) is 5.32 Å². The lowest BCUT2D eigenvalue weighted by Gasteiger charge is -2.17. The van der Waals surface area contributed by atoms with Gasteiger partial charge in [0.2, 0.25) is 0 Å². The molecule has 112 valence electrons. The molecule has 1 saturated heterocycles. The number of halogens is 1. The Bertz CT molecular complexity index is 396. The molecule has 1 aliphatic rings. The van der Waals surface area contributed by atoms with Crippen LogP contribution >= 0.6 is 11.8 Å². The Labute approximate surface area is 125 Å². The summed E-state index contributed by atoms with van der Waals surface area (Å²) in [6.07, 6.45) is 6.36. The minimum absolute atomic E-state index is 0.119. The van der Waals surface area contributed by atoms with Crippen LogP contribution in [0.4, 0.5) is 4.39 Å². The molecular formula is C16H24FNOS. The second-order valence-corrected chi connectivity index (χ2v) is 6.35. The van der Waals surface area contributed by atoms with Gasteiger partial charge in [-0.05, 0) is 51.3 Å². The van der Waals surface area contributed by atoms with E-state index in [9.17, 15) is 4.39 Å². The van der Waals surface area contributed by atoms with Crippen molar-refractivity contribution in [2.75, 3.05) is 19.4 Å². The number of hydrogen-bond donors (Lipinski definition) is 1. The summed E-state index contributed by atoms with van der Waals surface area (Å²) in [5.41, 5.74) is 0. The van der Waals surface area contributed by atoms with Crippen LogP contribution in [0, 0.1) is 5.82 Å². The lowest BCUT2D eigenvalue weighted by atomic mass is 10.1. The molecule has 1 fully saturated rings. The summed E-state index contributed by atoms with van der Waals surface area (Å²) in [6.45, 7) is 0.934. The number of ether oxygens (including phenoxy) is 1. The summed E-state index contributed by atoms with van der Waals surface area (Å²) >= 11 is 1.59. The van der Waals surface area contributed by atoms with Crippen LogP contribution < -0.4 is 5.32 Å². The fraction of sp³-hybridized carbons (Fsp3) is 0.625. The molecule has 20 heavy (non-hydrogen) atoms. The highest BCUT2D eigenvalue weighted by atomic mass is 32.2. The van der Waals surface area contributed by atoms with Gasteiger partial charge in [-0.3, -0.25) is 0 Å². The minimum Gasteiger partial charge on any atom is -0.378 e. The number of benzene rings is 1. The standard InChI is InChI=1S/C16H24FNOS/c1-18-13(6-4-7-14-8-5-11-19-14)12-20-16-10-3-2-9-15(16)17/h2-3,9-10,13-14,18H,4-8,11-12H2,1H3. The van der Waals surface area contributed by atoms with Crippen LogP contribution in [0.5, 0.6) is 0 Å². The molecule has 2 rings (SSSR count). The predicted octanol–water partition coefficient (Wildman–Crippen LogP) is 3.86. The maximum absolute atomic E-state index is 13.5. The molecule has 0 amide bonds. The molecule has 1 aliphatic heterocycles. The molecule has 1 heterocycles. The van der Waals surface area contributed by atoms with E-state index >= 15 is 0 Å². The fourth-order valence-electron chi connectivity index (χ4n) is 2.53. The summed E-state index contributed by atoms with van der Waals surface area (Å²) in [6, 6.07) is 7.42. The van der Waals surface area contributed by atoms with Gasteiger partial charge in [-0.15, -0.1) is 11.8 Å². The van der Waals surface area contributed by atoms with Crippen LogP contribution in [0.2, 0.25) is 0 Å². The molecule has 0 aliphatic carbocycles. The zero-order valence-corrected chi connectivity index (χ0v) is 12.9. The van der Waals surface area contributed by atoms with E-state index in [1.165, 1.54) is 25.3 Å². The van der Waals surface area contributed by atoms with Gasteiger partial charge in [-0.2, -0.15) is 0 Å². The monoisotopic (exact) mass is 297 g/mol. The topological polar surface area (TPSA) is 21.3 Å². The largest absolute Gasteiger partial charge is 0.378 e. The van der Waals surface area contributed by atoms with E-state index in [1.54, 1.807) is 17.8 Å². The molecule has 4 heteroatoms. The van der Waals surface area contributed by atoms with Crippen molar-refractivity contribution in [2.24, 2.45) is 0 Å². The second kappa shape index (κ2) is 8.65. The molecule has 2 unspecified atom stereocenters. The third-order valence-electron chi connectivity index (χ3n) is 3.79. The van der Waals surface area contributed by atoms with E-state index < -0.39 is 0 Å². The van der Waals surface area contributed by atoms with Crippen molar-refractivity contribution in [2.45, 2.75) is 49.1 Å². The second-order valence-electron chi connectivity index (χ2n) is 5.29. The smallest absolute Gasteiger partial charge is 0.136 e. The summed E-state index contributed by atoms with van der Waals surface area (Å²) in [5.74, 6) is 0.787. The van der Waals surface area contributed by atoms with E-state index in [4.69, 9.17) is 4.74 Å². The maximum Gasteiger partial charge on any atom is 0.136 e. The third-order valence-corrected chi connectivity index (χ3v) is 5.00. The lowest BCUT2D eigenvalue weighted by molar-refractivity contribution is 0.101.